The highest BCUT2D eigenvalue weighted by molar-refractivity contribution is 14.1. The standard InChI is InChI=1S/C7H5IN4/c1-4-5-2-7(8)12-11-6(5)3-9-10-4/h2-3H,1H3. The number of rotatable bonds is 0. The SMILES string of the molecule is Cc1nncc2nnc(I)cc12. The van der Waals surface area contributed by atoms with E-state index in [0.717, 1.165) is 20.3 Å². The van der Waals surface area contributed by atoms with E-state index in [1.54, 1.807) is 6.20 Å². The summed E-state index contributed by atoms with van der Waals surface area (Å²) in [6, 6.07) is 1.95. The Kier molecular flexibility index (Phi) is 1.87. The highest BCUT2D eigenvalue weighted by Gasteiger charge is 2.00. The van der Waals surface area contributed by atoms with Crippen LogP contribution in [0.25, 0.3) is 10.9 Å². The predicted molar refractivity (Wildman–Crippen MR) is 52.6 cm³/mol. The second kappa shape index (κ2) is 2.89. The van der Waals surface area contributed by atoms with Crippen molar-refractivity contribution in [3.05, 3.63) is 21.7 Å². The maximum Gasteiger partial charge on any atom is 0.124 e. The van der Waals surface area contributed by atoms with E-state index < -0.39 is 0 Å². The summed E-state index contributed by atoms with van der Waals surface area (Å²) < 4.78 is 0.871. The van der Waals surface area contributed by atoms with Crippen LogP contribution in [0.4, 0.5) is 0 Å². The molecule has 0 amide bonds. The minimum Gasteiger partial charge on any atom is -0.157 e. The molecule has 0 saturated heterocycles. The van der Waals surface area contributed by atoms with Gasteiger partial charge in [0.05, 0.1) is 11.9 Å². The average molecular weight is 272 g/mol. The summed E-state index contributed by atoms with van der Waals surface area (Å²) in [5.41, 5.74) is 1.68. The predicted octanol–water partition coefficient (Wildman–Crippen LogP) is 1.33. The number of fused-ring (bicyclic) bond motifs is 1. The number of hydrogen-bond acceptors (Lipinski definition) is 4. The molecule has 0 spiro atoms. The molecule has 0 atom stereocenters. The van der Waals surface area contributed by atoms with Crippen LogP contribution in [0, 0.1) is 10.6 Å². The van der Waals surface area contributed by atoms with Gasteiger partial charge in [0.1, 0.15) is 9.22 Å². The van der Waals surface area contributed by atoms with Gasteiger partial charge in [0.2, 0.25) is 0 Å². The van der Waals surface area contributed by atoms with Crippen molar-refractivity contribution in [2.24, 2.45) is 0 Å². The molecule has 0 fully saturated rings. The molecule has 60 valence electrons. The van der Waals surface area contributed by atoms with Crippen LogP contribution in [0.2, 0.25) is 0 Å². The first-order chi connectivity index (χ1) is 5.77. The van der Waals surface area contributed by atoms with Gasteiger partial charge in [-0.2, -0.15) is 10.2 Å². The first-order valence-electron chi connectivity index (χ1n) is 3.38. The zero-order valence-electron chi connectivity index (χ0n) is 6.32. The van der Waals surface area contributed by atoms with Gasteiger partial charge in [-0.1, -0.05) is 0 Å². The topological polar surface area (TPSA) is 51.6 Å². The van der Waals surface area contributed by atoms with Crippen LogP contribution in [-0.4, -0.2) is 20.4 Å². The van der Waals surface area contributed by atoms with E-state index in [9.17, 15) is 0 Å². The molecule has 4 nitrogen and oxygen atoms in total. The van der Waals surface area contributed by atoms with E-state index in [-0.39, 0.29) is 0 Å². The smallest absolute Gasteiger partial charge is 0.124 e. The molecule has 0 unspecified atom stereocenters. The van der Waals surface area contributed by atoms with Crippen LogP contribution in [0.5, 0.6) is 0 Å². The number of aryl methyl sites for hydroxylation is 1. The van der Waals surface area contributed by atoms with Gasteiger partial charge in [0.15, 0.2) is 0 Å². The molecule has 0 saturated carbocycles. The van der Waals surface area contributed by atoms with Gasteiger partial charge in [-0.3, -0.25) is 0 Å². The lowest BCUT2D eigenvalue weighted by atomic mass is 10.2. The van der Waals surface area contributed by atoms with E-state index in [2.05, 4.69) is 43.0 Å². The first kappa shape index (κ1) is 7.78. The molecule has 2 heterocycles. The van der Waals surface area contributed by atoms with Crippen molar-refractivity contribution in [2.75, 3.05) is 0 Å². The second-order valence-electron chi connectivity index (χ2n) is 2.40. The molecule has 12 heavy (non-hydrogen) atoms. The largest absolute Gasteiger partial charge is 0.157 e. The monoisotopic (exact) mass is 272 g/mol. The van der Waals surface area contributed by atoms with Gasteiger partial charge in [-0.15, -0.1) is 10.2 Å². The van der Waals surface area contributed by atoms with Gasteiger partial charge in [-0.05, 0) is 35.6 Å². The third kappa shape index (κ3) is 1.24. The molecule has 0 aliphatic carbocycles. The lowest BCUT2D eigenvalue weighted by molar-refractivity contribution is 0.971. The third-order valence-electron chi connectivity index (χ3n) is 1.57. The lowest BCUT2D eigenvalue weighted by Crippen LogP contribution is -1.93. The van der Waals surface area contributed by atoms with E-state index in [0.29, 0.717) is 0 Å². The van der Waals surface area contributed by atoms with Crippen molar-refractivity contribution in [3.63, 3.8) is 0 Å². The fourth-order valence-corrected chi connectivity index (χ4v) is 1.41. The van der Waals surface area contributed by atoms with Gasteiger partial charge in [0.25, 0.3) is 0 Å². The highest BCUT2D eigenvalue weighted by Crippen LogP contribution is 2.13. The molecule has 0 radical (unpaired) electrons. The Hall–Kier alpha value is -0.850. The van der Waals surface area contributed by atoms with Crippen LogP contribution >= 0.6 is 22.6 Å². The zero-order valence-corrected chi connectivity index (χ0v) is 8.48. The Morgan fingerprint density at radius 3 is 2.92 bits per heavy atom. The fourth-order valence-electron chi connectivity index (χ4n) is 0.987. The Morgan fingerprint density at radius 1 is 1.25 bits per heavy atom. The van der Waals surface area contributed by atoms with Crippen molar-refractivity contribution in [2.45, 2.75) is 6.92 Å². The van der Waals surface area contributed by atoms with Crippen LogP contribution in [0.15, 0.2) is 12.3 Å². The summed E-state index contributed by atoms with van der Waals surface area (Å²) in [5, 5.41) is 16.6. The normalized spacial score (nSPS) is 10.5. The van der Waals surface area contributed by atoms with E-state index in [1.807, 2.05) is 13.0 Å². The number of nitrogens with zero attached hydrogens (tertiary/aromatic N) is 4. The number of hydrogen-bond donors (Lipinski definition) is 0. The summed E-state index contributed by atoms with van der Waals surface area (Å²) in [7, 11) is 0. The molecular weight excluding hydrogens is 267 g/mol. The molecular formula is C7H5IN4. The highest BCUT2D eigenvalue weighted by atomic mass is 127. The van der Waals surface area contributed by atoms with Crippen LogP contribution in [-0.2, 0) is 0 Å². The summed E-state index contributed by atoms with van der Waals surface area (Å²) in [5.74, 6) is 0. The molecule has 0 aliphatic rings. The number of aromatic nitrogens is 4. The lowest BCUT2D eigenvalue weighted by Gasteiger charge is -1.97. The molecule has 2 aromatic heterocycles. The average Bonchev–Trinajstić information content (AvgIpc) is 2.07. The molecule has 0 aliphatic heterocycles. The fraction of sp³-hybridized carbons (Fsp3) is 0.143. The minimum atomic E-state index is 0.794. The molecule has 5 heteroatoms. The van der Waals surface area contributed by atoms with Gasteiger partial charge < -0.3 is 0 Å². The molecule has 2 rings (SSSR count). The summed E-state index contributed by atoms with van der Waals surface area (Å²) in [6.45, 7) is 1.91. The van der Waals surface area contributed by atoms with E-state index in [1.165, 1.54) is 0 Å². The van der Waals surface area contributed by atoms with E-state index >= 15 is 0 Å². The van der Waals surface area contributed by atoms with Crippen molar-refractivity contribution in [1.82, 2.24) is 20.4 Å². The van der Waals surface area contributed by atoms with Gasteiger partial charge in [0, 0.05) is 5.39 Å². The number of halogens is 1. The summed E-state index contributed by atoms with van der Waals surface area (Å²) in [4.78, 5) is 0. The van der Waals surface area contributed by atoms with Crippen molar-refractivity contribution in [3.8, 4) is 0 Å². The Balaban J connectivity index is 2.88. The summed E-state index contributed by atoms with van der Waals surface area (Å²) in [6.07, 6.45) is 1.62. The van der Waals surface area contributed by atoms with Crippen molar-refractivity contribution >= 4 is 33.5 Å². The maximum atomic E-state index is 3.98. The van der Waals surface area contributed by atoms with Crippen LogP contribution in [0.1, 0.15) is 5.69 Å². The van der Waals surface area contributed by atoms with Crippen LogP contribution < -0.4 is 0 Å². The second-order valence-corrected chi connectivity index (χ2v) is 3.50. The molecule has 2 aromatic rings. The Morgan fingerprint density at radius 2 is 2.08 bits per heavy atom. The molecule has 0 aromatic carbocycles. The third-order valence-corrected chi connectivity index (χ3v) is 2.10. The molecule has 0 bridgehead atoms. The van der Waals surface area contributed by atoms with Crippen molar-refractivity contribution in [1.29, 1.82) is 0 Å². The summed E-state index contributed by atoms with van der Waals surface area (Å²) >= 11 is 2.12. The van der Waals surface area contributed by atoms with Gasteiger partial charge in [-0.25, -0.2) is 0 Å². The maximum absolute atomic E-state index is 3.98. The molecule has 0 N–H and O–H groups in total. The van der Waals surface area contributed by atoms with Crippen LogP contribution in [0.3, 0.4) is 0 Å². The van der Waals surface area contributed by atoms with E-state index in [4.69, 9.17) is 0 Å². The van der Waals surface area contributed by atoms with Crippen molar-refractivity contribution < 1.29 is 0 Å². The Bertz CT molecular complexity index is 429. The zero-order chi connectivity index (χ0) is 8.55. The van der Waals surface area contributed by atoms with Gasteiger partial charge >= 0.3 is 0 Å². The quantitative estimate of drug-likeness (QED) is 0.679. The Labute approximate surface area is 82.6 Å². The minimum absolute atomic E-state index is 0.794. The first-order valence-corrected chi connectivity index (χ1v) is 4.46.